The summed E-state index contributed by atoms with van der Waals surface area (Å²) in [4.78, 5) is 23.8. The van der Waals surface area contributed by atoms with Crippen LogP contribution in [0.15, 0.2) is 59.7 Å². The van der Waals surface area contributed by atoms with Gasteiger partial charge < -0.3 is 14.6 Å². The topological polar surface area (TPSA) is 70.7 Å². The predicted molar refractivity (Wildman–Crippen MR) is 128 cm³/mol. The van der Waals surface area contributed by atoms with Crippen LogP contribution in [0.4, 0.5) is 0 Å². The number of carbonyl (C=O) groups is 1. The van der Waals surface area contributed by atoms with Gasteiger partial charge in [0.05, 0.1) is 17.3 Å². The van der Waals surface area contributed by atoms with E-state index in [0.29, 0.717) is 6.04 Å². The molecule has 0 amide bonds. The van der Waals surface area contributed by atoms with Gasteiger partial charge in [-0.25, -0.2) is 4.79 Å². The van der Waals surface area contributed by atoms with Gasteiger partial charge in [-0.05, 0) is 62.2 Å². The van der Waals surface area contributed by atoms with E-state index in [4.69, 9.17) is 4.99 Å². The maximum absolute atomic E-state index is 11.5. The molecule has 0 saturated carbocycles. The normalized spacial score (nSPS) is 22.2. The van der Waals surface area contributed by atoms with Crippen molar-refractivity contribution < 1.29 is 9.90 Å². The van der Waals surface area contributed by atoms with E-state index in [1.54, 1.807) is 18.2 Å². The highest BCUT2D eigenvalue weighted by molar-refractivity contribution is 8.14. The molecule has 1 aromatic carbocycles. The van der Waals surface area contributed by atoms with Crippen LogP contribution in [-0.4, -0.2) is 42.5 Å². The molecule has 0 unspecified atom stereocenters. The van der Waals surface area contributed by atoms with Crippen LogP contribution in [0.3, 0.4) is 0 Å². The molecule has 5 rings (SSSR count). The standard InChI is InChI=1S/C25H26N4O2S/c1-4-18-14-32-25-27-22(21-10-5-6-11-26-21)23(29(18)25)20-12-15(2)28(16(20)3)19-9-7-8-17(13-19)24(30)31/h5-13,18,22-23H,4,14H2,1-3H3,(H,30,31)/t18-,22-,23+/m1/s1. The Bertz CT molecular complexity index is 1200. The van der Waals surface area contributed by atoms with Crippen LogP contribution in [-0.2, 0) is 0 Å². The molecule has 6 nitrogen and oxygen atoms in total. The van der Waals surface area contributed by atoms with E-state index in [9.17, 15) is 9.90 Å². The molecule has 164 valence electrons. The molecule has 0 bridgehead atoms. The third-order valence-electron chi connectivity index (χ3n) is 6.47. The summed E-state index contributed by atoms with van der Waals surface area (Å²) < 4.78 is 2.15. The van der Waals surface area contributed by atoms with Crippen LogP contribution in [0.2, 0.25) is 0 Å². The SMILES string of the molecule is CC[C@@H]1CSC2=N[C@H](c3ccccn3)[C@H](c3cc(C)n(-c4cccc(C(=O)O)c4)c3C)N21. The molecule has 0 spiro atoms. The van der Waals surface area contributed by atoms with Gasteiger partial charge in [0.25, 0.3) is 0 Å². The summed E-state index contributed by atoms with van der Waals surface area (Å²) in [6.45, 7) is 6.43. The lowest BCUT2D eigenvalue weighted by Crippen LogP contribution is -2.35. The number of carboxylic acids is 1. The first-order valence-electron chi connectivity index (χ1n) is 10.9. The summed E-state index contributed by atoms with van der Waals surface area (Å²) in [5, 5.41) is 10.6. The second-order valence-electron chi connectivity index (χ2n) is 8.35. The van der Waals surface area contributed by atoms with Gasteiger partial charge in [-0.1, -0.05) is 30.8 Å². The molecule has 7 heteroatoms. The van der Waals surface area contributed by atoms with E-state index in [0.717, 1.165) is 40.1 Å². The molecule has 3 atom stereocenters. The van der Waals surface area contributed by atoms with Crippen LogP contribution in [0.1, 0.15) is 58.4 Å². The number of aromatic carboxylic acids is 1. The number of fused-ring (bicyclic) bond motifs is 1. The Labute approximate surface area is 192 Å². The summed E-state index contributed by atoms with van der Waals surface area (Å²) in [7, 11) is 0. The number of carboxylic acid groups (broad SMARTS) is 1. The fourth-order valence-electron chi connectivity index (χ4n) is 4.95. The summed E-state index contributed by atoms with van der Waals surface area (Å²) in [5.41, 5.74) is 5.54. The van der Waals surface area contributed by atoms with Crippen molar-refractivity contribution in [3.8, 4) is 5.69 Å². The predicted octanol–water partition coefficient (Wildman–Crippen LogP) is 5.17. The van der Waals surface area contributed by atoms with Crippen LogP contribution in [0, 0.1) is 13.8 Å². The average molecular weight is 447 g/mol. The number of hydrogen-bond acceptors (Lipinski definition) is 5. The van der Waals surface area contributed by atoms with E-state index >= 15 is 0 Å². The highest BCUT2D eigenvalue weighted by Crippen LogP contribution is 2.49. The fraction of sp³-hybridized carbons (Fsp3) is 0.320. The minimum absolute atomic E-state index is 0.0626. The van der Waals surface area contributed by atoms with Crippen molar-refractivity contribution in [3.63, 3.8) is 0 Å². The quantitative estimate of drug-likeness (QED) is 0.586. The first-order chi connectivity index (χ1) is 15.5. The molecule has 3 aromatic rings. The van der Waals surface area contributed by atoms with Crippen molar-refractivity contribution in [3.05, 3.63) is 82.9 Å². The van der Waals surface area contributed by atoms with Gasteiger partial charge in [0.1, 0.15) is 6.04 Å². The Hall–Kier alpha value is -3.06. The first-order valence-corrected chi connectivity index (χ1v) is 11.9. The number of amidine groups is 1. The lowest BCUT2D eigenvalue weighted by molar-refractivity contribution is 0.0697. The number of hydrogen-bond donors (Lipinski definition) is 1. The number of nitrogens with zero attached hydrogens (tertiary/aromatic N) is 4. The van der Waals surface area contributed by atoms with Crippen molar-refractivity contribution in [1.82, 2.24) is 14.5 Å². The van der Waals surface area contributed by atoms with Crippen LogP contribution < -0.4 is 0 Å². The zero-order valence-electron chi connectivity index (χ0n) is 18.4. The van der Waals surface area contributed by atoms with Crippen molar-refractivity contribution in [2.45, 2.75) is 45.3 Å². The maximum atomic E-state index is 11.5. The van der Waals surface area contributed by atoms with E-state index in [2.05, 4.69) is 47.4 Å². The molecule has 0 aliphatic carbocycles. The minimum atomic E-state index is -0.918. The average Bonchev–Trinajstić information content (AvgIpc) is 3.45. The third kappa shape index (κ3) is 3.32. The van der Waals surface area contributed by atoms with Gasteiger partial charge in [-0.15, -0.1) is 0 Å². The van der Waals surface area contributed by atoms with E-state index in [-0.39, 0.29) is 17.6 Å². The number of aryl methyl sites for hydroxylation is 1. The smallest absolute Gasteiger partial charge is 0.335 e. The molecule has 1 N–H and O–H groups in total. The number of aliphatic imine (C=N–C) groups is 1. The molecule has 4 heterocycles. The molecule has 2 aliphatic heterocycles. The maximum Gasteiger partial charge on any atom is 0.335 e. The minimum Gasteiger partial charge on any atom is -0.478 e. The summed E-state index contributed by atoms with van der Waals surface area (Å²) in [6, 6.07) is 15.8. The molecule has 2 aromatic heterocycles. The summed E-state index contributed by atoms with van der Waals surface area (Å²) in [5.74, 6) is 0.138. The number of aromatic nitrogens is 2. The zero-order valence-corrected chi connectivity index (χ0v) is 19.2. The van der Waals surface area contributed by atoms with Gasteiger partial charge in [0.2, 0.25) is 0 Å². The number of benzene rings is 1. The Morgan fingerprint density at radius 3 is 2.75 bits per heavy atom. The first kappa shape index (κ1) is 20.8. The number of rotatable bonds is 5. The van der Waals surface area contributed by atoms with Gasteiger partial charge in [0, 0.05) is 35.1 Å². The van der Waals surface area contributed by atoms with Gasteiger partial charge >= 0.3 is 5.97 Å². The lowest BCUT2D eigenvalue weighted by Gasteiger charge is -2.32. The monoisotopic (exact) mass is 446 g/mol. The number of pyridine rings is 1. The zero-order chi connectivity index (χ0) is 22.4. The lowest BCUT2D eigenvalue weighted by atomic mass is 9.95. The second kappa shape index (κ2) is 8.13. The summed E-state index contributed by atoms with van der Waals surface area (Å²) in [6.07, 6.45) is 2.90. The molecule has 1 saturated heterocycles. The van der Waals surface area contributed by atoms with E-state index < -0.39 is 5.97 Å². The number of thioether (sulfide) groups is 1. The Morgan fingerprint density at radius 1 is 1.19 bits per heavy atom. The molecule has 0 radical (unpaired) electrons. The van der Waals surface area contributed by atoms with Crippen molar-refractivity contribution >= 4 is 22.9 Å². The Kier molecular flexibility index (Phi) is 5.29. The van der Waals surface area contributed by atoms with Crippen molar-refractivity contribution in [2.75, 3.05) is 5.75 Å². The van der Waals surface area contributed by atoms with Crippen molar-refractivity contribution in [1.29, 1.82) is 0 Å². The summed E-state index contributed by atoms with van der Waals surface area (Å²) >= 11 is 1.84. The van der Waals surface area contributed by atoms with Gasteiger partial charge in [-0.3, -0.25) is 9.98 Å². The van der Waals surface area contributed by atoms with Gasteiger partial charge in [-0.2, -0.15) is 0 Å². The van der Waals surface area contributed by atoms with Gasteiger partial charge in [0.15, 0.2) is 5.17 Å². The largest absolute Gasteiger partial charge is 0.478 e. The second-order valence-corrected chi connectivity index (χ2v) is 9.34. The van der Waals surface area contributed by atoms with Crippen LogP contribution in [0.5, 0.6) is 0 Å². The van der Waals surface area contributed by atoms with Crippen LogP contribution in [0.25, 0.3) is 5.69 Å². The van der Waals surface area contributed by atoms with Crippen LogP contribution >= 0.6 is 11.8 Å². The molecule has 2 aliphatic rings. The Balaban J connectivity index is 1.63. The van der Waals surface area contributed by atoms with E-state index in [1.165, 1.54) is 5.56 Å². The molecular weight excluding hydrogens is 420 g/mol. The highest BCUT2D eigenvalue weighted by atomic mass is 32.2. The fourth-order valence-corrected chi connectivity index (χ4v) is 6.29. The van der Waals surface area contributed by atoms with E-state index in [1.807, 2.05) is 36.2 Å². The molecular formula is C25H26N4O2S. The Morgan fingerprint density at radius 2 is 2.03 bits per heavy atom. The molecule has 1 fully saturated rings. The molecule has 32 heavy (non-hydrogen) atoms. The van der Waals surface area contributed by atoms with Crippen molar-refractivity contribution in [2.24, 2.45) is 4.99 Å². The highest BCUT2D eigenvalue weighted by Gasteiger charge is 2.46. The third-order valence-corrected chi connectivity index (χ3v) is 7.60.